The second kappa shape index (κ2) is 3.74. The lowest BCUT2D eigenvalue weighted by Crippen LogP contribution is -1.79. The van der Waals surface area contributed by atoms with Crippen LogP contribution >= 0.6 is 0 Å². The highest BCUT2D eigenvalue weighted by Gasteiger charge is 2.02. The molecule has 2 heteroatoms. The van der Waals surface area contributed by atoms with E-state index in [1.54, 1.807) is 0 Å². The molecule has 0 bridgehead atoms. The normalized spacial score (nSPS) is 14.5. The summed E-state index contributed by atoms with van der Waals surface area (Å²) in [5, 5.41) is 8.52. The van der Waals surface area contributed by atoms with Gasteiger partial charge in [-0.3, -0.25) is 0 Å². The Morgan fingerprint density at radius 1 is 0.562 bits per heavy atom. The molecule has 0 unspecified atom stereocenters. The predicted molar refractivity (Wildman–Crippen MR) is 66.0 cm³/mol. The Balaban J connectivity index is 2.18. The van der Waals surface area contributed by atoms with Gasteiger partial charge in [0.15, 0.2) is 0 Å². The van der Waals surface area contributed by atoms with E-state index in [-0.39, 0.29) is 0 Å². The molecule has 0 fully saturated rings. The first-order valence-electron chi connectivity index (χ1n) is 5.21. The van der Waals surface area contributed by atoms with Crippen LogP contribution in [0.1, 0.15) is 11.1 Å². The van der Waals surface area contributed by atoms with Crippen LogP contribution in [-0.4, -0.2) is 0 Å². The molecule has 2 aromatic rings. The number of fused-ring (bicyclic) bond motifs is 2. The molecule has 0 aliphatic carbocycles. The van der Waals surface area contributed by atoms with E-state index in [0.29, 0.717) is 0 Å². The van der Waals surface area contributed by atoms with Crippen LogP contribution in [0, 0.1) is 0 Å². The minimum absolute atomic E-state index is 0.910. The SMILES string of the molecule is C1=C\c2ccccc2N=Nc2ccccc2/1. The van der Waals surface area contributed by atoms with E-state index in [4.69, 9.17) is 0 Å². The molecule has 0 N–H and O–H groups in total. The zero-order valence-electron chi connectivity index (χ0n) is 8.67. The predicted octanol–water partition coefficient (Wildman–Crippen LogP) is 4.59. The van der Waals surface area contributed by atoms with Gasteiger partial charge in [0.1, 0.15) is 0 Å². The van der Waals surface area contributed by atoms with Gasteiger partial charge in [-0.15, -0.1) is 10.2 Å². The van der Waals surface area contributed by atoms with E-state index in [2.05, 4.69) is 22.4 Å². The molecule has 76 valence electrons. The Bertz CT molecular complexity index is 479. The Kier molecular flexibility index (Phi) is 2.11. The Morgan fingerprint density at radius 3 is 1.50 bits per heavy atom. The molecule has 0 saturated heterocycles. The quantitative estimate of drug-likeness (QED) is 0.514. The average Bonchev–Trinajstić information content (AvgIpc) is 2.32. The Hall–Kier alpha value is -2.22. The van der Waals surface area contributed by atoms with Crippen molar-refractivity contribution < 1.29 is 0 Å². The smallest absolute Gasteiger partial charge is 0.0929 e. The fraction of sp³-hybridized carbons (Fsp3) is 0. The van der Waals surface area contributed by atoms with Crippen molar-refractivity contribution in [2.24, 2.45) is 10.2 Å². The van der Waals surface area contributed by atoms with E-state index in [0.717, 1.165) is 22.5 Å². The first kappa shape index (κ1) is 9.04. The molecule has 0 spiro atoms. The molecule has 16 heavy (non-hydrogen) atoms. The molecular formula is C14H10N2. The van der Waals surface area contributed by atoms with E-state index >= 15 is 0 Å². The molecule has 0 atom stereocenters. The van der Waals surface area contributed by atoms with Gasteiger partial charge in [-0.1, -0.05) is 48.6 Å². The van der Waals surface area contributed by atoms with Gasteiger partial charge in [-0.2, -0.15) is 0 Å². The van der Waals surface area contributed by atoms with Gasteiger partial charge in [-0.05, 0) is 12.1 Å². The minimum Gasteiger partial charge on any atom is -0.150 e. The second-order valence-electron chi connectivity index (χ2n) is 3.65. The zero-order valence-corrected chi connectivity index (χ0v) is 8.67. The highest BCUT2D eigenvalue weighted by atomic mass is 15.1. The standard InChI is InChI=1S/C14H10N2/c1-3-7-13-11(5-1)9-10-12-6-2-4-8-14(12)16-15-13/h1-10H/b10-9-,11-9?,12-10?,15-13?,16-14?,16-15?. The number of rotatable bonds is 0. The summed E-state index contributed by atoms with van der Waals surface area (Å²) in [6, 6.07) is 16.0. The zero-order chi connectivity index (χ0) is 10.8. The highest BCUT2D eigenvalue weighted by Crippen LogP contribution is 2.29. The fourth-order valence-corrected chi connectivity index (χ4v) is 1.73. The van der Waals surface area contributed by atoms with Crippen molar-refractivity contribution in [3.05, 3.63) is 59.7 Å². The summed E-state index contributed by atoms with van der Waals surface area (Å²) < 4.78 is 0. The van der Waals surface area contributed by atoms with E-state index in [1.807, 2.05) is 48.5 Å². The minimum atomic E-state index is 0.910. The molecule has 2 aromatic carbocycles. The van der Waals surface area contributed by atoms with E-state index in [1.165, 1.54) is 0 Å². The summed E-state index contributed by atoms with van der Waals surface area (Å²) in [4.78, 5) is 0. The van der Waals surface area contributed by atoms with Crippen LogP contribution in [0.2, 0.25) is 0 Å². The van der Waals surface area contributed by atoms with Gasteiger partial charge < -0.3 is 0 Å². The molecule has 1 aliphatic heterocycles. The van der Waals surface area contributed by atoms with Crippen LogP contribution in [0.25, 0.3) is 12.2 Å². The molecule has 1 aliphatic rings. The third kappa shape index (κ3) is 1.54. The summed E-state index contributed by atoms with van der Waals surface area (Å²) in [6.45, 7) is 0. The number of azo groups is 1. The second-order valence-corrected chi connectivity index (χ2v) is 3.65. The van der Waals surface area contributed by atoms with Gasteiger partial charge in [0.25, 0.3) is 0 Å². The Morgan fingerprint density at radius 2 is 1.00 bits per heavy atom. The summed E-state index contributed by atoms with van der Waals surface area (Å²) in [5.41, 5.74) is 4.02. The van der Waals surface area contributed by atoms with Crippen molar-refractivity contribution in [1.29, 1.82) is 0 Å². The van der Waals surface area contributed by atoms with Crippen LogP contribution < -0.4 is 0 Å². The summed E-state index contributed by atoms with van der Waals surface area (Å²) in [6.07, 6.45) is 4.15. The van der Waals surface area contributed by atoms with Crippen molar-refractivity contribution in [2.45, 2.75) is 0 Å². The summed E-state index contributed by atoms with van der Waals surface area (Å²) in [7, 11) is 0. The van der Waals surface area contributed by atoms with Gasteiger partial charge in [-0.25, -0.2) is 0 Å². The molecular weight excluding hydrogens is 196 g/mol. The van der Waals surface area contributed by atoms with E-state index < -0.39 is 0 Å². The van der Waals surface area contributed by atoms with Gasteiger partial charge in [0.05, 0.1) is 11.4 Å². The molecule has 0 aromatic heterocycles. The van der Waals surface area contributed by atoms with Crippen molar-refractivity contribution in [3.8, 4) is 0 Å². The van der Waals surface area contributed by atoms with Gasteiger partial charge >= 0.3 is 0 Å². The van der Waals surface area contributed by atoms with Crippen molar-refractivity contribution >= 4 is 23.5 Å². The number of hydrogen-bond acceptors (Lipinski definition) is 2. The van der Waals surface area contributed by atoms with Gasteiger partial charge in [0.2, 0.25) is 0 Å². The topological polar surface area (TPSA) is 24.7 Å². The van der Waals surface area contributed by atoms with Crippen LogP contribution in [-0.2, 0) is 0 Å². The maximum Gasteiger partial charge on any atom is 0.0929 e. The molecule has 0 amide bonds. The molecule has 1 heterocycles. The van der Waals surface area contributed by atoms with Crippen LogP contribution in [0.5, 0.6) is 0 Å². The maximum atomic E-state index is 4.26. The van der Waals surface area contributed by atoms with Crippen LogP contribution in [0.3, 0.4) is 0 Å². The monoisotopic (exact) mass is 206 g/mol. The molecule has 2 nitrogen and oxygen atoms in total. The maximum absolute atomic E-state index is 4.26. The molecule has 0 saturated carbocycles. The average molecular weight is 206 g/mol. The fourth-order valence-electron chi connectivity index (χ4n) is 1.73. The summed E-state index contributed by atoms with van der Waals surface area (Å²) in [5.74, 6) is 0. The summed E-state index contributed by atoms with van der Waals surface area (Å²) >= 11 is 0. The number of nitrogens with zero attached hydrogens (tertiary/aromatic N) is 2. The van der Waals surface area contributed by atoms with E-state index in [9.17, 15) is 0 Å². The molecule has 0 radical (unpaired) electrons. The lowest BCUT2D eigenvalue weighted by Gasteiger charge is -2.04. The number of hydrogen-bond donors (Lipinski definition) is 0. The van der Waals surface area contributed by atoms with Gasteiger partial charge in [0, 0.05) is 11.1 Å². The lowest BCUT2D eigenvalue weighted by atomic mass is 10.1. The number of benzene rings is 2. The third-order valence-electron chi connectivity index (χ3n) is 2.58. The first-order chi connectivity index (χ1) is 7.93. The lowest BCUT2D eigenvalue weighted by molar-refractivity contribution is 1.22. The Labute approximate surface area is 94.0 Å². The third-order valence-corrected chi connectivity index (χ3v) is 2.58. The molecule has 3 rings (SSSR count). The van der Waals surface area contributed by atoms with Crippen LogP contribution in [0.15, 0.2) is 58.8 Å². The van der Waals surface area contributed by atoms with Crippen molar-refractivity contribution in [1.82, 2.24) is 0 Å². The first-order valence-corrected chi connectivity index (χ1v) is 5.21. The van der Waals surface area contributed by atoms with Crippen molar-refractivity contribution in [3.63, 3.8) is 0 Å². The van der Waals surface area contributed by atoms with Crippen molar-refractivity contribution in [2.75, 3.05) is 0 Å². The van der Waals surface area contributed by atoms with Crippen LogP contribution in [0.4, 0.5) is 11.4 Å². The largest absolute Gasteiger partial charge is 0.150 e. The highest BCUT2D eigenvalue weighted by molar-refractivity contribution is 5.79.